The van der Waals surface area contributed by atoms with Crippen LogP contribution >= 0.6 is 0 Å². The van der Waals surface area contributed by atoms with Crippen molar-refractivity contribution in [2.75, 3.05) is 20.1 Å². The van der Waals surface area contributed by atoms with E-state index >= 15 is 0 Å². The number of likely N-dealkylation sites (tertiary alicyclic amines) is 1. The van der Waals surface area contributed by atoms with E-state index in [1.54, 1.807) is 0 Å². The first-order valence-corrected chi connectivity index (χ1v) is 7.08. The highest BCUT2D eigenvalue weighted by Gasteiger charge is 2.39. The van der Waals surface area contributed by atoms with Gasteiger partial charge < -0.3 is 19.9 Å². The largest absolute Gasteiger partial charge is 0.369 e. The lowest BCUT2D eigenvalue weighted by molar-refractivity contribution is 0.0999. The van der Waals surface area contributed by atoms with Crippen LogP contribution in [0.3, 0.4) is 0 Å². The van der Waals surface area contributed by atoms with Gasteiger partial charge in [0.05, 0.1) is 6.61 Å². The van der Waals surface area contributed by atoms with Crippen LogP contribution in [0.1, 0.15) is 23.7 Å². The molecule has 2 heterocycles. The number of hydrogen-bond acceptors (Lipinski definition) is 6. The molecule has 6 heteroatoms. The van der Waals surface area contributed by atoms with E-state index in [0.717, 1.165) is 25.1 Å². The molecule has 0 bridgehead atoms. The van der Waals surface area contributed by atoms with Crippen LogP contribution in [0, 0.1) is 0 Å². The molecule has 112 valence electrons. The minimum Gasteiger partial charge on any atom is -0.369 e. The predicted octanol–water partition coefficient (Wildman–Crippen LogP) is 1.28. The minimum atomic E-state index is -0.528. The van der Waals surface area contributed by atoms with Crippen molar-refractivity contribution in [1.29, 1.82) is 0 Å². The second-order valence-electron chi connectivity index (χ2n) is 5.64. The van der Waals surface area contributed by atoms with Gasteiger partial charge in [0.25, 0.3) is 0 Å². The molecule has 1 aromatic carbocycles. The number of aromatic nitrogens is 2. The number of benzene rings is 1. The van der Waals surface area contributed by atoms with Crippen LogP contribution in [0.25, 0.3) is 0 Å². The predicted molar refractivity (Wildman–Crippen MR) is 77.2 cm³/mol. The van der Waals surface area contributed by atoms with Gasteiger partial charge in [0.15, 0.2) is 5.82 Å². The van der Waals surface area contributed by atoms with Crippen LogP contribution in [0.4, 0.5) is 0 Å². The Morgan fingerprint density at radius 1 is 1.33 bits per heavy atom. The molecule has 0 spiro atoms. The quantitative estimate of drug-likeness (QED) is 0.893. The summed E-state index contributed by atoms with van der Waals surface area (Å²) in [5.74, 6) is 1.05. The van der Waals surface area contributed by atoms with E-state index < -0.39 is 5.54 Å². The lowest BCUT2D eigenvalue weighted by atomic mass is 10.0. The Morgan fingerprint density at radius 2 is 2.14 bits per heavy atom. The summed E-state index contributed by atoms with van der Waals surface area (Å²) in [6.07, 6.45) is 0.829. The Bertz CT molecular complexity index is 586. The van der Waals surface area contributed by atoms with Crippen molar-refractivity contribution in [2.45, 2.75) is 25.2 Å². The maximum Gasteiger partial charge on any atom is 0.248 e. The van der Waals surface area contributed by atoms with Gasteiger partial charge in [0, 0.05) is 13.1 Å². The minimum absolute atomic E-state index is 0.324. The number of rotatable bonds is 5. The molecular weight excluding hydrogens is 268 g/mol. The number of hydrogen-bond donors (Lipinski definition) is 1. The molecule has 1 aromatic heterocycles. The second-order valence-corrected chi connectivity index (χ2v) is 5.64. The molecule has 0 aliphatic carbocycles. The van der Waals surface area contributed by atoms with Crippen LogP contribution in [0.5, 0.6) is 0 Å². The highest BCUT2D eigenvalue weighted by molar-refractivity contribution is 5.13. The van der Waals surface area contributed by atoms with Gasteiger partial charge in [0.1, 0.15) is 12.1 Å². The molecule has 3 rings (SSSR count). The van der Waals surface area contributed by atoms with Gasteiger partial charge in [-0.15, -0.1) is 0 Å². The SMILES string of the molecule is CN1CCC(N)(c2nc(COCc3ccccc3)no2)C1. The van der Waals surface area contributed by atoms with E-state index in [1.165, 1.54) is 0 Å². The van der Waals surface area contributed by atoms with Gasteiger partial charge in [-0.2, -0.15) is 4.98 Å². The Balaban J connectivity index is 1.56. The number of nitrogens with two attached hydrogens (primary N) is 1. The van der Waals surface area contributed by atoms with Crippen LogP contribution in [0.15, 0.2) is 34.9 Å². The molecule has 1 atom stereocenters. The normalized spacial score (nSPS) is 22.8. The molecule has 1 aliphatic heterocycles. The average molecular weight is 288 g/mol. The molecule has 2 N–H and O–H groups in total. The third kappa shape index (κ3) is 3.29. The molecule has 0 saturated carbocycles. The zero-order valence-electron chi connectivity index (χ0n) is 12.2. The smallest absolute Gasteiger partial charge is 0.248 e. The van der Waals surface area contributed by atoms with E-state index in [1.807, 2.05) is 37.4 Å². The van der Waals surface area contributed by atoms with Gasteiger partial charge in [-0.3, -0.25) is 0 Å². The van der Waals surface area contributed by atoms with Crippen LogP contribution < -0.4 is 5.73 Å². The van der Waals surface area contributed by atoms with E-state index in [-0.39, 0.29) is 0 Å². The standard InChI is InChI=1S/C15H20N4O2/c1-19-8-7-15(16,11-19)14-17-13(18-21-14)10-20-9-12-5-3-2-4-6-12/h2-6H,7-11,16H2,1H3. The molecule has 2 aromatic rings. The fourth-order valence-electron chi connectivity index (χ4n) is 2.55. The number of likely N-dealkylation sites (N-methyl/N-ethyl adjacent to an activating group) is 1. The lowest BCUT2D eigenvalue weighted by Gasteiger charge is -2.18. The highest BCUT2D eigenvalue weighted by atomic mass is 16.5. The Morgan fingerprint density at radius 3 is 2.86 bits per heavy atom. The first-order valence-electron chi connectivity index (χ1n) is 7.08. The number of nitrogens with zero attached hydrogens (tertiary/aromatic N) is 3. The summed E-state index contributed by atoms with van der Waals surface area (Å²) in [6, 6.07) is 9.99. The number of ether oxygens (including phenoxy) is 1. The van der Waals surface area contributed by atoms with Gasteiger partial charge in [0.2, 0.25) is 5.89 Å². The van der Waals surface area contributed by atoms with Crippen molar-refractivity contribution in [3.05, 3.63) is 47.6 Å². The van der Waals surface area contributed by atoms with Crippen LogP contribution in [0.2, 0.25) is 0 Å². The third-order valence-electron chi connectivity index (χ3n) is 3.73. The summed E-state index contributed by atoms with van der Waals surface area (Å²) in [7, 11) is 2.04. The first-order chi connectivity index (χ1) is 10.2. The zero-order valence-corrected chi connectivity index (χ0v) is 12.2. The zero-order chi connectivity index (χ0) is 14.7. The topological polar surface area (TPSA) is 77.4 Å². The Kier molecular flexibility index (Phi) is 4.01. The van der Waals surface area contributed by atoms with Crippen LogP contribution in [-0.2, 0) is 23.5 Å². The monoisotopic (exact) mass is 288 g/mol. The summed E-state index contributed by atoms with van der Waals surface area (Å²) in [4.78, 5) is 6.54. The molecule has 1 aliphatic rings. The molecule has 6 nitrogen and oxygen atoms in total. The first kappa shape index (κ1) is 14.2. The van der Waals surface area contributed by atoms with E-state index in [0.29, 0.717) is 24.9 Å². The molecular formula is C15H20N4O2. The van der Waals surface area contributed by atoms with Crippen molar-refractivity contribution in [3.63, 3.8) is 0 Å². The van der Waals surface area contributed by atoms with Crippen molar-refractivity contribution in [2.24, 2.45) is 5.73 Å². The Hall–Kier alpha value is -1.76. The summed E-state index contributed by atoms with van der Waals surface area (Å²) in [5, 5.41) is 3.95. The van der Waals surface area contributed by atoms with Gasteiger partial charge >= 0.3 is 0 Å². The molecule has 1 fully saturated rings. The van der Waals surface area contributed by atoms with Crippen molar-refractivity contribution < 1.29 is 9.26 Å². The summed E-state index contributed by atoms with van der Waals surface area (Å²) in [6.45, 7) is 2.53. The van der Waals surface area contributed by atoms with Crippen molar-refractivity contribution in [3.8, 4) is 0 Å². The van der Waals surface area contributed by atoms with Gasteiger partial charge in [-0.25, -0.2) is 0 Å². The van der Waals surface area contributed by atoms with Crippen LogP contribution in [-0.4, -0.2) is 35.2 Å². The fraction of sp³-hybridized carbons (Fsp3) is 0.467. The summed E-state index contributed by atoms with van der Waals surface area (Å²) >= 11 is 0. The second kappa shape index (κ2) is 5.93. The maximum absolute atomic E-state index is 6.33. The fourth-order valence-corrected chi connectivity index (χ4v) is 2.55. The van der Waals surface area contributed by atoms with Crippen molar-refractivity contribution in [1.82, 2.24) is 15.0 Å². The molecule has 0 radical (unpaired) electrons. The molecule has 0 amide bonds. The molecule has 1 unspecified atom stereocenters. The van der Waals surface area contributed by atoms with E-state index in [2.05, 4.69) is 15.0 Å². The molecule has 1 saturated heterocycles. The summed E-state index contributed by atoms with van der Waals surface area (Å²) < 4.78 is 10.9. The average Bonchev–Trinajstić information content (AvgIpc) is 3.08. The molecule has 21 heavy (non-hydrogen) atoms. The lowest BCUT2D eigenvalue weighted by Crippen LogP contribution is -2.39. The van der Waals surface area contributed by atoms with Crippen molar-refractivity contribution >= 4 is 0 Å². The highest BCUT2D eigenvalue weighted by Crippen LogP contribution is 2.27. The third-order valence-corrected chi connectivity index (χ3v) is 3.73. The van der Waals surface area contributed by atoms with Gasteiger partial charge in [-0.1, -0.05) is 35.5 Å². The maximum atomic E-state index is 6.33. The van der Waals surface area contributed by atoms with E-state index in [9.17, 15) is 0 Å². The Labute approximate surface area is 123 Å². The van der Waals surface area contributed by atoms with Gasteiger partial charge in [-0.05, 0) is 19.0 Å². The summed E-state index contributed by atoms with van der Waals surface area (Å²) in [5.41, 5.74) is 6.92. The van der Waals surface area contributed by atoms with E-state index in [4.69, 9.17) is 15.0 Å².